The van der Waals surface area contributed by atoms with Gasteiger partial charge in [-0.2, -0.15) is 4.31 Å². The maximum absolute atomic E-state index is 12.6. The van der Waals surface area contributed by atoms with Gasteiger partial charge in [0.1, 0.15) is 0 Å². The summed E-state index contributed by atoms with van der Waals surface area (Å²) in [7, 11) is -3.43. The van der Waals surface area contributed by atoms with Gasteiger partial charge in [-0.05, 0) is 49.0 Å². The largest absolute Gasteiger partial charge is 0.466 e. The Labute approximate surface area is 174 Å². The van der Waals surface area contributed by atoms with E-state index in [-0.39, 0.29) is 6.10 Å². The first-order chi connectivity index (χ1) is 13.3. The third-order valence-corrected chi connectivity index (χ3v) is 6.94. The van der Waals surface area contributed by atoms with Crippen LogP contribution in [0.5, 0.6) is 5.19 Å². The van der Waals surface area contributed by atoms with Crippen molar-refractivity contribution in [2.24, 2.45) is 0 Å². The van der Waals surface area contributed by atoms with E-state index in [0.717, 1.165) is 5.56 Å². The predicted octanol–water partition coefficient (Wildman–Crippen LogP) is 3.04. The van der Waals surface area contributed by atoms with Crippen LogP contribution in [0.4, 0.5) is 0 Å². The lowest BCUT2D eigenvalue weighted by atomic mass is 10.2. The molecule has 152 valence electrons. The Hall–Kier alpha value is -1.59. The molecule has 1 saturated heterocycles. The highest BCUT2D eigenvalue weighted by Gasteiger charge is 2.25. The molecule has 2 aromatic rings. The molecule has 7 nitrogen and oxygen atoms in total. The van der Waals surface area contributed by atoms with E-state index in [1.54, 1.807) is 10.8 Å². The summed E-state index contributed by atoms with van der Waals surface area (Å²) < 4.78 is 34.6. The van der Waals surface area contributed by atoms with Gasteiger partial charge in [0.05, 0.1) is 12.8 Å². The summed E-state index contributed by atoms with van der Waals surface area (Å²) in [6.45, 7) is 6.55. The van der Waals surface area contributed by atoms with Crippen molar-refractivity contribution in [1.29, 1.82) is 0 Å². The van der Waals surface area contributed by atoms with Crippen molar-refractivity contribution in [2.75, 3.05) is 26.2 Å². The lowest BCUT2D eigenvalue weighted by molar-refractivity contribution is 0.143. The molecule has 0 aliphatic carbocycles. The smallest absolute Gasteiger partial charge is 0.293 e. The lowest BCUT2D eigenvalue weighted by Gasteiger charge is -2.32. The zero-order valence-electron chi connectivity index (χ0n) is 15.9. The molecule has 0 bridgehead atoms. The van der Waals surface area contributed by atoms with Crippen LogP contribution in [0.15, 0.2) is 35.7 Å². The van der Waals surface area contributed by atoms with Crippen molar-refractivity contribution in [3.8, 4) is 5.19 Å². The molecule has 0 saturated carbocycles. The van der Waals surface area contributed by atoms with Gasteiger partial charge in [-0.1, -0.05) is 30.3 Å². The molecule has 0 radical (unpaired) electrons. The molecule has 0 N–H and O–H groups in total. The molecular formula is C18H24N4O3S3. The van der Waals surface area contributed by atoms with Crippen molar-refractivity contribution in [1.82, 2.24) is 19.0 Å². The Morgan fingerprint density at radius 2 is 1.89 bits per heavy atom. The minimum absolute atomic E-state index is 0.0479. The van der Waals surface area contributed by atoms with Crippen LogP contribution in [-0.2, 0) is 16.7 Å². The van der Waals surface area contributed by atoms with Crippen LogP contribution < -0.4 is 4.74 Å². The summed E-state index contributed by atoms with van der Waals surface area (Å²) in [6.07, 6.45) is 1.68. The average molecular weight is 441 g/mol. The molecule has 0 spiro atoms. The topological polar surface area (TPSA) is 67.7 Å². The van der Waals surface area contributed by atoms with Gasteiger partial charge in [0.15, 0.2) is 3.95 Å². The number of rotatable bonds is 7. The summed E-state index contributed by atoms with van der Waals surface area (Å²) in [4.78, 5) is 2.14. The van der Waals surface area contributed by atoms with Gasteiger partial charge in [0.2, 0.25) is 10.0 Å². The monoisotopic (exact) mass is 440 g/mol. The number of aromatic nitrogens is 2. The molecule has 2 heterocycles. The zero-order valence-corrected chi connectivity index (χ0v) is 18.3. The van der Waals surface area contributed by atoms with Crippen molar-refractivity contribution in [3.05, 3.63) is 45.3 Å². The minimum Gasteiger partial charge on any atom is -0.466 e. The predicted molar refractivity (Wildman–Crippen MR) is 114 cm³/mol. The van der Waals surface area contributed by atoms with Gasteiger partial charge in [-0.15, -0.1) is 5.10 Å². The first kappa shape index (κ1) is 21.1. The fourth-order valence-corrected chi connectivity index (χ4v) is 4.97. The molecule has 1 aromatic carbocycles. The van der Waals surface area contributed by atoms with Gasteiger partial charge in [-0.3, -0.25) is 4.90 Å². The Balaban J connectivity index is 1.56. The maximum Gasteiger partial charge on any atom is 0.293 e. The van der Waals surface area contributed by atoms with E-state index >= 15 is 0 Å². The third kappa shape index (κ3) is 5.71. The van der Waals surface area contributed by atoms with Crippen LogP contribution in [0.3, 0.4) is 0 Å². The molecule has 1 aliphatic heterocycles. The van der Waals surface area contributed by atoms with Crippen LogP contribution in [0.1, 0.15) is 19.4 Å². The quantitative estimate of drug-likeness (QED) is 0.617. The SMILES string of the molecule is CC(C)Oc1nn(CN2CCN(S(=O)(=O)/C=C\c3ccccc3)CC2)c(=S)s1. The molecule has 1 fully saturated rings. The van der Waals surface area contributed by atoms with E-state index in [1.807, 2.05) is 44.2 Å². The number of ether oxygens (including phenoxy) is 1. The van der Waals surface area contributed by atoms with E-state index in [0.29, 0.717) is 42.0 Å². The maximum atomic E-state index is 12.6. The van der Waals surface area contributed by atoms with Crippen LogP contribution in [-0.4, -0.2) is 59.7 Å². The summed E-state index contributed by atoms with van der Waals surface area (Å²) >= 11 is 6.70. The highest BCUT2D eigenvalue weighted by molar-refractivity contribution is 7.92. The second kappa shape index (κ2) is 9.27. The third-order valence-electron chi connectivity index (χ3n) is 4.18. The lowest BCUT2D eigenvalue weighted by Crippen LogP contribution is -2.48. The van der Waals surface area contributed by atoms with Crippen LogP contribution >= 0.6 is 23.6 Å². The molecular weight excluding hydrogens is 416 g/mol. The van der Waals surface area contributed by atoms with E-state index in [9.17, 15) is 8.42 Å². The number of sulfonamides is 1. The fourth-order valence-electron chi connectivity index (χ4n) is 2.76. The van der Waals surface area contributed by atoms with E-state index < -0.39 is 10.0 Å². The number of benzene rings is 1. The van der Waals surface area contributed by atoms with E-state index in [1.165, 1.54) is 21.1 Å². The number of hydrogen-bond acceptors (Lipinski definition) is 7. The van der Waals surface area contributed by atoms with Gasteiger partial charge >= 0.3 is 0 Å². The second-order valence-corrected chi connectivity index (χ2v) is 10.1. The number of nitrogens with zero attached hydrogens (tertiary/aromatic N) is 4. The minimum atomic E-state index is -3.43. The second-order valence-electron chi connectivity index (χ2n) is 6.72. The Morgan fingerprint density at radius 3 is 2.54 bits per heavy atom. The fraction of sp³-hybridized carbons (Fsp3) is 0.444. The molecule has 1 aliphatic rings. The molecule has 28 heavy (non-hydrogen) atoms. The molecule has 0 atom stereocenters. The van der Waals surface area contributed by atoms with Crippen molar-refractivity contribution >= 4 is 39.7 Å². The Bertz CT molecular complexity index is 959. The van der Waals surface area contributed by atoms with Crippen LogP contribution in [0.2, 0.25) is 0 Å². The molecule has 1 aromatic heterocycles. The van der Waals surface area contributed by atoms with Crippen LogP contribution in [0, 0.1) is 3.95 Å². The first-order valence-corrected chi connectivity index (χ1v) is 11.8. The van der Waals surface area contributed by atoms with Gasteiger partial charge < -0.3 is 4.74 Å². The van der Waals surface area contributed by atoms with E-state index in [2.05, 4.69) is 10.00 Å². The van der Waals surface area contributed by atoms with Crippen molar-refractivity contribution in [3.63, 3.8) is 0 Å². The van der Waals surface area contributed by atoms with E-state index in [4.69, 9.17) is 17.0 Å². The highest BCUT2D eigenvalue weighted by atomic mass is 32.2. The molecule has 0 amide bonds. The van der Waals surface area contributed by atoms with Gasteiger partial charge in [-0.25, -0.2) is 13.1 Å². The van der Waals surface area contributed by atoms with Gasteiger partial charge in [0, 0.05) is 31.6 Å². The number of piperazine rings is 1. The molecule has 3 rings (SSSR count). The highest BCUT2D eigenvalue weighted by Crippen LogP contribution is 2.19. The normalized spacial score (nSPS) is 16.8. The molecule has 0 unspecified atom stereocenters. The van der Waals surface area contributed by atoms with Gasteiger partial charge in [0.25, 0.3) is 5.19 Å². The summed E-state index contributed by atoms with van der Waals surface area (Å²) in [5.41, 5.74) is 0.863. The summed E-state index contributed by atoms with van der Waals surface area (Å²) in [6, 6.07) is 9.41. The Morgan fingerprint density at radius 1 is 1.21 bits per heavy atom. The van der Waals surface area contributed by atoms with Crippen molar-refractivity contribution < 1.29 is 13.2 Å². The Kier molecular flexibility index (Phi) is 7.00. The standard InChI is InChI=1S/C18H24N4O3S3/c1-15(2)25-17-19-22(18(26)27-17)14-20-9-11-21(12-10-20)28(23,24)13-8-16-6-4-3-5-7-16/h3-8,13,15H,9-12,14H2,1-2H3/b13-8-. The van der Waals surface area contributed by atoms with Crippen molar-refractivity contribution in [2.45, 2.75) is 26.6 Å². The molecule has 10 heteroatoms. The summed E-state index contributed by atoms with van der Waals surface area (Å²) in [5, 5.41) is 6.24. The zero-order chi connectivity index (χ0) is 20.1. The number of hydrogen-bond donors (Lipinski definition) is 0. The average Bonchev–Trinajstić information content (AvgIpc) is 2.99. The summed E-state index contributed by atoms with van der Waals surface area (Å²) in [5.74, 6) is 0. The van der Waals surface area contributed by atoms with Crippen LogP contribution in [0.25, 0.3) is 6.08 Å². The first-order valence-electron chi connectivity index (χ1n) is 9.04.